The van der Waals surface area contributed by atoms with Gasteiger partial charge in [-0.05, 0) is 35.7 Å². The molecule has 166 valence electrons. The molecular formula is C27H20N4O3. The number of para-hydroxylation sites is 1. The number of hydrogen-bond acceptors (Lipinski definition) is 4. The van der Waals surface area contributed by atoms with Crippen LogP contribution in [0.3, 0.4) is 0 Å². The normalized spacial score (nSPS) is 17.3. The van der Waals surface area contributed by atoms with Crippen LogP contribution in [0.15, 0.2) is 84.8 Å². The topological polar surface area (TPSA) is 90.7 Å². The molecule has 5 rings (SSSR count). The number of Topliss-reactive ketones (excluding diaryl/α,β-unsaturated/α-hetero) is 1. The second-order valence-electron chi connectivity index (χ2n) is 8.05. The number of carbonyl (C=O) groups is 2. The number of nitrogens with one attached hydrogen (secondary N) is 1. The van der Waals surface area contributed by atoms with Crippen molar-refractivity contribution in [2.24, 2.45) is 0 Å². The summed E-state index contributed by atoms with van der Waals surface area (Å²) < 4.78 is 0. The number of benzene rings is 2. The molecule has 1 saturated heterocycles. The molecule has 1 aliphatic rings. The molecule has 1 amide bonds. The van der Waals surface area contributed by atoms with E-state index in [9.17, 15) is 14.7 Å². The summed E-state index contributed by atoms with van der Waals surface area (Å²) in [5.41, 5.74) is 3.52. The van der Waals surface area contributed by atoms with Crippen LogP contribution in [-0.4, -0.2) is 38.2 Å². The lowest BCUT2D eigenvalue weighted by Crippen LogP contribution is -2.31. The average Bonchev–Trinajstić information content (AvgIpc) is 3.41. The number of carbonyl (C=O) groups excluding carboxylic acids is 2. The van der Waals surface area contributed by atoms with Crippen LogP contribution in [0.5, 0.6) is 0 Å². The van der Waals surface area contributed by atoms with Crippen LogP contribution in [0.4, 0.5) is 5.69 Å². The van der Waals surface area contributed by atoms with Crippen LogP contribution in [0, 0.1) is 6.57 Å². The zero-order chi connectivity index (χ0) is 23.7. The van der Waals surface area contributed by atoms with E-state index in [0.717, 1.165) is 16.5 Å². The van der Waals surface area contributed by atoms with Gasteiger partial charge in [0.2, 0.25) is 0 Å². The molecule has 1 fully saturated rings. The Labute approximate surface area is 195 Å². The van der Waals surface area contributed by atoms with Crippen molar-refractivity contribution in [1.29, 1.82) is 0 Å². The number of H-pyrrole nitrogens is 1. The number of nitrogens with zero attached hydrogens (tertiary/aromatic N) is 3. The van der Waals surface area contributed by atoms with Gasteiger partial charge in [-0.15, -0.1) is 0 Å². The summed E-state index contributed by atoms with van der Waals surface area (Å²) in [6.07, 6.45) is 5.46. The molecule has 0 saturated carbocycles. The predicted octanol–water partition coefficient (Wildman–Crippen LogP) is 4.78. The van der Waals surface area contributed by atoms with Crippen molar-refractivity contribution < 1.29 is 14.7 Å². The van der Waals surface area contributed by atoms with Gasteiger partial charge in [0.1, 0.15) is 5.76 Å². The molecule has 0 spiro atoms. The van der Waals surface area contributed by atoms with Crippen molar-refractivity contribution in [3.05, 3.63) is 113 Å². The Morgan fingerprint density at radius 1 is 1.09 bits per heavy atom. The van der Waals surface area contributed by atoms with Crippen molar-refractivity contribution in [2.75, 3.05) is 6.54 Å². The highest BCUT2D eigenvalue weighted by atomic mass is 16.3. The minimum atomic E-state index is -0.773. The zero-order valence-corrected chi connectivity index (χ0v) is 18.1. The highest BCUT2D eigenvalue weighted by Gasteiger charge is 2.45. The summed E-state index contributed by atoms with van der Waals surface area (Å²) in [4.78, 5) is 38.4. The maximum atomic E-state index is 13.1. The van der Waals surface area contributed by atoms with E-state index in [4.69, 9.17) is 6.57 Å². The third-order valence-electron chi connectivity index (χ3n) is 6.11. The molecule has 3 heterocycles. The minimum Gasteiger partial charge on any atom is -0.507 e. The molecule has 2 N–H and O–H groups in total. The summed E-state index contributed by atoms with van der Waals surface area (Å²) in [5.74, 6) is -1.66. The lowest BCUT2D eigenvalue weighted by molar-refractivity contribution is -0.139. The number of ketones is 1. The first-order chi connectivity index (χ1) is 16.6. The summed E-state index contributed by atoms with van der Waals surface area (Å²) in [6.45, 7) is 7.49. The van der Waals surface area contributed by atoms with E-state index < -0.39 is 17.7 Å². The first kappa shape index (κ1) is 21.2. The van der Waals surface area contributed by atoms with Crippen molar-refractivity contribution >= 4 is 34.0 Å². The molecule has 2 aromatic carbocycles. The smallest absolute Gasteiger partial charge is 0.295 e. The monoisotopic (exact) mass is 448 g/mol. The quantitative estimate of drug-likeness (QED) is 0.199. The molecule has 1 atom stereocenters. The average molecular weight is 448 g/mol. The van der Waals surface area contributed by atoms with E-state index in [1.165, 1.54) is 11.1 Å². The molecular weight excluding hydrogens is 428 g/mol. The number of hydrogen-bond donors (Lipinski definition) is 2. The largest absolute Gasteiger partial charge is 0.507 e. The lowest BCUT2D eigenvalue weighted by Gasteiger charge is -2.25. The Hall–Kier alpha value is -4.70. The SMILES string of the molecule is [C-]#[N+]c1ccc(C2C(=C(O)c3cccnc3)C(=O)C(=O)N2CCc2c[nH]c3ccccc23)cc1. The van der Waals surface area contributed by atoms with Crippen LogP contribution in [0.2, 0.25) is 0 Å². The number of amides is 1. The Morgan fingerprint density at radius 2 is 1.88 bits per heavy atom. The van der Waals surface area contributed by atoms with Crippen molar-refractivity contribution in [3.63, 3.8) is 0 Å². The summed E-state index contributed by atoms with van der Waals surface area (Å²) >= 11 is 0. The van der Waals surface area contributed by atoms with Gasteiger partial charge in [0.25, 0.3) is 11.7 Å². The Kier molecular flexibility index (Phi) is 5.40. The van der Waals surface area contributed by atoms with Gasteiger partial charge in [0, 0.05) is 41.6 Å². The fourth-order valence-electron chi connectivity index (χ4n) is 4.43. The predicted molar refractivity (Wildman–Crippen MR) is 128 cm³/mol. The number of aliphatic hydroxyl groups excluding tert-OH is 1. The number of aliphatic hydroxyl groups is 1. The van der Waals surface area contributed by atoms with Gasteiger partial charge in [0.15, 0.2) is 5.69 Å². The first-order valence-electron chi connectivity index (χ1n) is 10.8. The summed E-state index contributed by atoms with van der Waals surface area (Å²) in [6, 6.07) is 17.2. The number of aromatic amines is 1. The number of likely N-dealkylation sites (tertiary alicyclic amines) is 1. The summed E-state index contributed by atoms with van der Waals surface area (Å²) in [5, 5.41) is 12.1. The fraction of sp³-hybridized carbons (Fsp3) is 0.111. The molecule has 4 aromatic rings. The van der Waals surface area contributed by atoms with Crippen LogP contribution in [0.1, 0.15) is 22.7 Å². The van der Waals surface area contributed by atoms with Gasteiger partial charge < -0.3 is 15.0 Å². The molecule has 1 aliphatic heterocycles. The molecule has 7 heteroatoms. The molecule has 0 radical (unpaired) electrons. The zero-order valence-electron chi connectivity index (χ0n) is 18.1. The van der Waals surface area contributed by atoms with Crippen LogP contribution < -0.4 is 0 Å². The van der Waals surface area contributed by atoms with Crippen molar-refractivity contribution in [3.8, 4) is 0 Å². The Balaban J connectivity index is 1.57. The van der Waals surface area contributed by atoms with Gasteiger partial charge in [-0.1, -0.05) is 42.5 Å². The Bertz CT molecular complexity index is 1460. The maximum Gasteiger partial charge on any atom is 0.295 e. The van der Waals surface area contributed by atoms with E-state index in [1.807, 2.05) is 30.5 Å². The maximum absolute atomic E-state index is 13.1. The molecule has 1 unspecified atom stereocenters. The second-order valence-corrected chi connectivity index (χ2v) is 8.05. The number of aromatic nitrogens is 2. The van der Waals surface area contributed by atoms with Crippen LogP contribution in [0.25, 0.3) is 21.5 Å². The third kappa shape index (κ3) is 3.61. The van der Waals surface area contributed by atoms with E-state index in [1.54, 1.807) is 42.6 Å². The molecule has 0 bridgehead atoms. The van der Waals surface area contributed by atoms with E-state index in [0.29, 0.717) is 23.2 Å². The highest BCUT2D eigenvalue weighted by molar-refractivity contribution is 6.46. The van der Waals surface area contributed by atoms with E-state index in [2.05, 4.69) is 14.8 Å². The van der Waals surface area contributed by atoms with Gasteiger partial charge in [-0.2, -0.15) is 0 Å². The summed E-state index contributed by atoms with van der Waals surface area (Å²) in [7, 11) is 0. The van der Waals surface area contributed by atoms with E-state index in [-0.39, 0.29) is 17.9 Å². The van der Waals surface area contributed by atoms with Crippen LogP contribution >= 0.6 is 0 Å². The molecule has 0 aliphatic carbocycles. The van der Waals surface area contributed by atoms with Gasteiger partial charge in [0.05, 0.1) is 18.2 Å². The number of fused-ring (bicyclic) bond motifs is 1. The third-order valence-corrected chi connectivity index (χ3v) is 6.11. The first-order valence-corrected chi connectivity index (χ1v) is 10.8. The fourth-order valence-corrected chi connectivity index (χ4v) is 4.43. The Morgan fingerprint density at radius 3 is 2.62 bits per heavy atom. The minimum absolute atomic E-state index is 0.0208. The van der Waals surface area contributed by atoms with Crippen molar-refractivity contribution in [1.82, 2.24) is 14.9 Å². The lowest BCUT2D eigenvalue weighted by atomic mass is 9.95. The van der Waals surface area contributed by atoms with Crippen molar-refractivity contribution in [2.45, 2.75) is 12.5 Å². The molecule has 2 aromatic heterocycles. The highest BCUT2D eigenvalue weighted by Crippen LogP contribution is 2.40. The second kappa shape index (κ2) is 8.68. The van der Waals surface area contributed by atoms with Gasteiger partial charge in [-0.25, -0.2) is 4.85 Å². The standard InChI is InChI=1S/C27H20N4O3/c1-28-20-10-8-17(9-11-20)24-23(25(32)19-5-4-13-29-15-19)26(33)27(34)31(24)14-12-18-16-30-22-7-3-2-6-21(18)22/h2-11,13,15-16,24,30,32H,12,14H2. The number of pyridine rings is 1. The van der Waals surface area contributed by atoms with Gasteiger partial charge in [-0.3, -0.25) is 14.6 Å². The van der Waals surface area contributed by atoms with E-state index >= 15 is 0 Å². The number of rotatable bonds is 5. The molecule has 7 nitrogen and oxygen atoms in total. The van der Waals surface area contributed by atoms with Crippen LogP contribution in [-0.2, 0) is 16.0 Å². The molecule has 34 heavy (non-hydrogen) atoms. The van der Waals surface area contributed by atoms with Gasteiger partial charge >= 0.3 is 0 Å².